The number of methoxy groups -OCH3 is 1. The highest BCUT2D eigenvalue weighted by Crippen LogP contribution is 2.17. The molecule has 0 aliphatic carbocycles. The summed E-state index contributed by atoms with van der Waals surface area (Å²) in [7, 11) is 1.68. The monoisotopic (exact) mass is 222 g/mol. The topological polar surface area (TPSA) is 29.5 Å². The number of aliphatic hydroxyl groups excluding tert-OH is 1. The van der Waals surface area contributed by atoms with Gasteiger partial charge in [-0.1, -0.05) is 19.1 Å². The van der Waals surface area contributed by atoms with E-state index in [4.69, 9.17) is 4.74 Å². The summed E-state index contributed by atoms with van der Waals surface area (Å²) in [5.41, 5.74) is 1.33. The second-order valence-electron chi connectivity index (χ2n) is 4.58. The predicted molar refractivity (Wildman–Crippen MR) is 66.8 cm³/mol. The van der Waals surface area contributed by atoms with Crippen LogP contribution in [0.3, 0.4) is 0 Å². The van der Waals surface area contributed by atoms with Crippen LogP contribution >= 0.6 is 0 Å². The molecule has 0 aromatic heterocycles. The van der Waals surface area contributed by atoms with Crippen molar-refractivity contribution in [3.8, 4) is 5.75 Å². The zero-order valence-corrected chi connectivity index (χ0v) is 10.4. The maximum absolute atomic E-state index is 9.27. The molecule has 2 unspecified atom stereocenters. The Hall–Kier alpha value is -1.02. The van der Waals surface area contributed by atoms with E-state index < -0.39 is 0 Å². The number of ether oxygens (including phenoxy) is 1. The molecule has 16 heavy (non-hydrogen) atoms. The van der Waals surface area contributed by atoms with Crippen molar-refractivity contribution in [1.29, 1.82) is 0 Å². The number of rotatable bonds is 6. The number of hydrogen-bond acceptors (Lipinski definition) is 2. The minimum absolute atomic E-state index is 0.189. The fraction of sp³-hybridized carbons (Fsp3) is 0.571. The molecule has 0 spiro atoms. The first-order valence-corrected chi connectivity index (χ1v) is 5.92. The van der Waals surface area contributed by atoms with E-state index in [9.17, 15) is 5.11 Å². The van der Waals surface area contributed by atoms with Crippen molar-refractivity contribution < 1.29 is 9.84 Å². The van der Waals surface area contributed by atoms with E-state index >= 15 is 0 Å². The molecular formula is C14H22O2. The third kappa shape index (κ3) is 4.67. The van der Waals surface area contributed by atoms with Crippen LogP contribution in [-0.2, 0) is 6.42 Å². The maximum atomic E-state index is 9.27. The van der Waals surface area contributed by atoms with E-state index in [0.717, 1.165) is 25.0 Å². The molecule has 1 N–H and O–H groups in total. The van der Waals surface area contributed by atoms with Crippen LogP contribution in [0.15, 0.2) is 24.3 Å². The predicted octanol–water partition coefficient (Wildman–Crippen LogP) is 3.03. The van der Waals surface area contributed by atoms with Gasteiger partial charge in [0.15, 0.2) is 0 Å². The normalized spacial score (nSPS) is 14.5. The summed E-state index contributed by atoms with van der Waals surface area (Å²) in [6.07, 6.45) is 2.89. The zero-order chi connectivity index (χ0) is 12.0. The third-order valence-corrected chi connectivity index (χ3v) is 2.83. The van der Waals surface area contributed by atoms with Crippen molar-refractivity contribution in [3.63, 3.8) is 0 Å². The Balaban J connectivity index is 2.36. The van der Waals surface area contributed by atoms with E-state index in [1.807, 2.05) is 19.1 Å². The van der Waals surface area contributed by atoms with Gasteiger partial charge in [-0.2, -0.15) is 0 Å². The van der Waals surface area contributed by atoms with Crippen LogP contribution < -0.4 is 4.74 Å². The standard InChI is InChI=1S/C14H22O2/c1-11(10-12(2)15)4-5-13-6-8-14(16-3)9-7-13/h6-9,11-12,15H,4-5,10H2,1-3H3. The van der Waals surface area contributed by atoms with Crippen molar-refractivity contribution >= 4 is 0 Å². The van der Waals surface area contributed by atoms with Gasteiger partial charge in [0, 0.05) is 0 Å². The molecule has 0 fully saturated rings. The molecule has 0 radical (unpaired) electrons. The first-order valence-electron chi connectivity index (χ1n) is 5.92. The minimum Gasteiger partial charge on any atom is -0.497 e. The molecule has 2 atom stereocenters. The Kier molecular flexibility index (Phi) is 5.33. The van der Waals surface area contributed by atoms with Gasteiger partial charge in [0.2, 0.25) is 0 Å². The summed E-state index contributed by atoms with van der Waals surface area (Å²) in [5.74, 6) is 1.47. The van der Waals surface area contributed by atoms with Gasteiger partial charge in [-0.3, -0.25) is 0 Å². The Morgan fingerprint density at radius 3 is 2.31 bits per heavy atom. The Bertz CT molecular complexity index is 290. The molecule has 1 aromatic rings. The van der Waals surface area contributed by atoms with Crippen LogP contribution in [0.5, 0.6) is 5.75 Å². The molecule has 1 rings (SSSR count). The van der Waals surface area contributed by atoms with Gasteiger partial charge in [-0.05, 0) is 49.8 Å². The summed E-state index contributed by atoms with van der Waals surface area (Å²) in [6, 6.07) is 8.20. The zero-order valence-electron chi connectivity index (χ0n) is 10.4. The van der Waals surface area contributed by atoms with Gasteiger partial charge in [-0.15, -0.1) is 0 Å². The average Bonchev–Trinajstić information content (AvgIpc) is 2.26. The highest BCUT2D eigenvalue weighted by molar-refractivity contribution is 5.27. The highest BCUT2D eigenvalue weighted by Gasteiger charge is 2.06. The van der Waals surface area contributed by atoms with Gasteiger partial charge in [0.05, 0.1) is 13.2 Å². The number of benzene rings is 1. The Morgan fingerprint density at radius 1 is 1.19 bits per heavy atom. The van der Waals surface area contributed by atoms with Crippen LogP contribution in [0.4, 0.5) is 0 Å². The van der Waals surface area contributed by atoms with Crippen LogP contribution in [0, 0.1) is 5.92 Å². The fourth-order valence-corrected chi connectivity index (χ4v) is 1.91. The average molecular weight is 222 g/mol. The first-order chi connectivity index (χ1) is 7.61. The summed E-state index contributed by atoms with van der Waals surface area (Å²) in [5, 5.41) is 9.27. The first kappa shape index (κ1) is 13.0. The van der Waals surface area contributed by atoms with Crippen molar-refractivity contribution in [1.82, 2.24) is 0 Å². The molecule has 1 aromatic carbocycles. The van der Waals surface area contributed by atoms with Gasteiger partial charge in [0.1, 0.15) is 5.75 Å². The van der Waals surface area contributed by atoms with E-state index in [-0.39, 0.29) is 6.10 Å². The molecule has 0 aliphatic rings. The lowest BCUT2D eigenvalue weighted by molar-refractivity contribution is 0.162. The Morgan fingerprint density at radius 2 is 1.81 bits per heavy atom. The van der Waals surface area contributed by atoms with Gasteiger partial charge in [-0.25, -0.2) is 0 Å². The lowest BCUT2D eigenvalue weighted by Crippen LogP contribution is -2.07. The molecule has 2 nitrogen and oxygen atoms in total. The lowest BCUT2D eigenvalue weighted by Gasteiger charge is -2.13. The highest BCUT2D eigenvalue weighted by atomic mass is 16.5. The number of aryl methyl sites for hydroxylation is 1. The van der Waals surface area contributed by atoms with Crippen molar-refractivity contribution in [3.05, 3.63) is 29.8 Å². The number of aliphatic hydroxyl groups is 1. The molecule has 2 heteroatoms. The molecule has 0 saturated carbocycles. The molecule has 90 valence electrons. The van der Waals surface area contributed by atoms with Crippen LogP contribution in [0.1, 0.15) is 32.3 Å². The van der Waals surface area contributed by atoms with Crippen LogP contribution in [0.2, 0.25) is 0 Å². The Labute approximate surface area is 98.3 Å². The second kappa shape index (κ2) is 6.54. The van der Waals surface area contributed by atoms with Crippen LogP contribution in [0.25, 0.3) is 0 Å². The van der Waals surface area contributed by atoms with Crippen molar-refractivity contribution in [2.75, 3.05) is 7.11 Å². The summed E-state index contributed by atoms with van der Waals surface area (Å²) in [6.45, 7) is 4.04. The quantitative estimate of drug-likeness (QED) is 0.801. The van der Waals surface area contributed by atoms with E-state index in [2.05, 4.69) is 19.1 Å². The van der Waals surface area contributed by atoms with Gasteiger partial charge < -0.3 is 9.84 Å². The summed E-state index contributed by atoms with van der Waals surface area (Å²) >= 11 is 0. The molecule has 0 amide bonds. The fourth-order valence-electron chi connectivity index (χ4n) is 1.91. The van der Waals surface area contributed by atoms with Crippen LogP contribution in [-0.4, -0.2) is 18.3 Å². The minimum atomic E-state index is -0.189. The third-order valence-electron chi connectivity index (χ3n) is 2.83. The van der Waals surface area contributed by atoms with Crippen molar-refractivity contribution in [2.24, 2.45) is 5.92 Å². The summed E-state index contributed by atoms with van der Waals surface area (Å²) in [4.78, 5) is 0. The lowest BCUT2D eigenvalue weighted by atomic mass is 9.96. The van der Waals surface area contributed by atoms with Gasteiger partial charge in [0.25, 0.3) is 0 Å². The van der Waals surface area contributed by atoms with E-state index in [1.165, 1.54) is 5.56 Å². The molecule has 0 heterocycles. The second-order valence-corrected chi connectivity index (χ2v) is 4.58. The van der Waals surface area contributed by atoms with Crippen molar-refractivity contribution in [2.45, 2.75) is 39.2 Å². The van der Waals surface area contributed by atoms with Gasteiger partial charge >= 0.3 is 0 Å². The SMILES string of the molecule is COc1ccc(CCC(C)CC(C)O)cc1. The molecular weight excluding hydrogens is 200 g/mol. The smallest absolute Gasteiger partial charge is 0.118 e. The summed E-state index contributed by atoms with van der Waals surface area (Å²) < 4.78 is 5.11. The largest absolute Gasteiger partial charge is 0.497 e. The maximum Gasteiger partial charge on any atom is 0.118 e. The molecule has 0 aliphatic heterocycles. The van der Waals surface area contributed by atoms with E-state index in [1.54, 1.807) is 7.11 Å². The molecule has 0 saturated heterocycles. The number of hydrogen-bond donors (Lipinski definition) is 1. The molecule has 0 bridgehead atoms. The van der Waals surface area contributed by atoms with E-state index in [0.29, 0.717) is 5.92 Å².